The summed E-state index contributed by atoms with van der Waals surface area (Å²) in [5.41, 5.74) is 1.23. The highest BCUT2D eigenvalue weighted by atomic mass is 32.2. The first kappa shape index (κ1) is 15.1. The second-order valence-electron chi connectivity index (χ2n) is 4.89. The fourth-order valence-corrected chi connectivity index (χ4v) is 6.05. The van der Waals surface area contributed by atoms with Crippen molar-refractivity contribution in [2.24, 2.45) is 0 Å². The van der Waals surface area contributed by atoms with Crippen LogP contribution in [0, 0.1) is 0 Å². The highest BCUT2D eigenvalue weighted by Gasteiger charge is 2.10. The molecule has 0 aliphatic rings. The Balaban J connectivity index is 1.63. The normalized spacial score (nSPS) is 11.0. The zero-order chi connectivity index (χ0) is 15.6. The number of hydrogen-bond donors (Lipinski definition) is 0. The average molecular weight is 372 g/mol. The van der Waals surface area contributed by atoms with Gasteiger partial charge in [-0.3, -0.25) is 4.98 Å². The molecule has 1 nitrogen and oxygen atoms in total. The third-order valence-electron chi connectivity index (χ3n) is 3.45. The fourth-order valence-electron chi connectivity index (χ4n) is 2.31. The van der Waals surface area contributed by atoms with Gasteiger partial charge in [-0.15, -0.1) is 45.8 Å². The van der Waals surface area contributed by atoms with Crippen LogP contribution in [0.2, 0.25) is 0 Å². The van der Waals surface area contributed by atoms with E-state index in [0.29, 0.717) is 0 Å². The van der Waals surface area contributed by atoms with Crippen molar-refractivity contribution in [3.63, 3.8) is 0 Å². The van der Waals surface area contributed by atoms with Crippen molar-refractivity contribution in [1.29, 1.82) is 0 Å². The molecule has 0 amide bonds. The summed E-state index contributed by atoms with van der Waals surface area (Å²) in [6.07, 6.45) is 5.82. The van der Waals surface area contributed by atoms with Crippen LogP contribution in [0.4, 0.5) is 0 Å². The van der Waals surface area contributed by atoms with Crippen LogP contribution in [0.5, 0.6) is 0 Å². The Bertz CT molecular complexity index is 917. The van der Waals surface area contributed by atoms with E-state index < -0.39 is 0 Å². The Morgan fingerprint density at radius 2 is 1.17 bits per heavy atom. The molecule has 0 aliphatic carbocycles. The molecule has 4 aromatic rings. The Labute approximate surface area is 151 Å². The molecule has 0 unspecified atom stereocenters. The summed E-state index contributed by atoms with van der Waals surface area (Å²) in [6, 6.07) is 17.4. The van der Waals surface area contributed by atoms with Gasteiger partial charge in [0.1, 0.15) is 0 Å². The molecule has 0 N–H and O–H groups in total. The van der Waals surface area contributed by atoms with Crippen LogP contribution in [0.15, 0.2) is 65.1 Å². The van der Waals surface area contributed by atoms with Gasteiger partial charge in [-0.2, -0.15) is 0 Å². The van der Waals surface area contributed by atoms with Gasteiger partial charge >= 0.3 is 0 Å². The molecule has 0 saturated heterocycles. The van der Waals surface area contributed by atoms with Crippen molar-refractivity contribution >= 4 is 45.8 Å². The number of aromatic nitrogens is 1. The standard InChI is InChI=1S/C18H13NS4/c1-20-18-7-6-17(23-18)16-5-4-15(22-16)14-3-2-13(21-14)12-8-10-19-11-9-12/h2-11H,1H3. The van der Waals surface area contributed by atoms with Gasteiger partial charge in [-0.05, 0) is 60.4 Å². The molecule has 4 heterocycles. The van der Waals surface area contributed by atoms with Gasteiger partial charge in [0, 0.05) is 36.8 Å². The summed E-state index contributed by atoms with van der Waals surface area (Å²) >= 11 is 7.38. The largest absolute Gasteiger partial charge is 0.265 e. The predicted octanol–water partition coefficient (Wildman–Crippen LogP) is 6.99. The maximum atomic E-state index is 4.09. The second-order valence-corrected chi connectivity index (χ2v) is 9.24. The molecule has 4 aromatic heterocycles. The van der Waals surface area contributed by atoms with Gasteiger partial charge < -0.3 is 0 Å². The van der Waals surface area contributed by atoms with E-state index in [0.717, 1.165) is 0 Å². The molecule has 0 fully saturated rings. The molecule has 0 aliphatic heterocycles. The lowest BCUT2D eigenvalue weighted by Crippen LogP contribution is -1.71. The van der Waals surface area contributed by atoms with Crippen molar-refractivity contribution in [2.45, 2.75) is 4.21 Å². The van der Waals surface area contributed by atoms with Gasteiger partial charge in [0.15, 0.2) is 0 Å². The molecule has 0 aromatic carbocycles. The van der Waals surface area contributed by atoms with E-state index in [4.69, 9.17) is 0 Å². The van der Waals surface area contributed by atoms with Gasteiger partial charge in [-0.25, -0.2) is 0 Å². The predicted molar refractivity (Wildman–Crippen MR) is 106 cm³/mol. The molecule has 114 valence electrons. The van der Waals surface area contributed by atoms with E-state index in [-0.39, 0.29) is 0 Å². The van der Waals surface area contributed by atoms with E-state index >= 15 is 0 Å². The van der Waals surface area contributed by atoms with Crippen LogP contribution >= 0.6 is 45.8 Å². The Morgan fingerprint density at radius 1 is 0.652 bits per heavy atom. The van der Waals surface area contributed by atoms with Crippen molar-refractivity contribution in [2.75, 3.05) is 6.26 Å². The molecule has 0 spiro atoms. The van der Waals surface area contributed by atoms with Gasteiger partial charge in [0.2, 0.25) is 0 Å². The molecule has 0 atom stereocenters. The van der Waals surface area contributed by atoms with Gasteiger partial charge in [0.05, 0.1) is 4.21 Å². The smallest absolute Gasteiger partial charge is 0.0602 e. The molecule has 0 radical (unpaired) electrons. The summed E-state index contributed by atoms with van der Waals surface area (Å²) in [6.45, 7) is 0. The topological polar surface area (TPSA) is 12.9 Å². The van der Waals surface area contributed by atoms with Crippen molar-refractivity contribution in [3.8, 4) is 29.9 Å². The van der Waals surface area contributed by atoms with Crippen molar-refractivity contribution in [3.05, 3.63) is 60.9 Å². The molecule has 4 rings (SSSR count). The monoisotopic (exact) mass is 371 g/mol. The minimum atomic E-state index is 1.23. The summed E-state index contributed by atoms with van der Waals surface area (Å²) < 4.78 is 1.37. The summed E-state index contributed by atoms with van der Waals surface area (Å²) in [7, 11) is 0. The number of hydrogen-bond acceptors (Lipinski definition) is 5. The lowest BCUT2D eigenvalue weighted by molar-refractivity contribution is 1.33. The molecular formula is C18H13NS4. The highest BCUT2D eigenvalue weighted by Crippen LogP contribution is 2.42. The van der Waals surface area contributed by atoms with Crippen LogP contribution in [-0.2, 0) is 0 Å². The van der Waals surface area contributed by atoms with E-state index in [2.05, 4.69) is 59.8 Å². The van der Waals surface area contributed by atoms with Crippen LogP contribution < -0.4 is 0 Å². The minimum absolute atomic E-state index is 1.23. The van der Waals surface area contributed by atoms with Crippen LogP contribution in [0.25, 0.3) is 29.9 Å². The Morgan fingerprint density at radius 3 is 1.78 bits per heavy atom. The maximum absolute atomic E-state index is 4.09. The van der Waals surface area contributed by atoms with Crippen LogP contribution in [0.3, 0.4) is 0 Å². The van der Waals surface area contributed by atoms with Gasteiger partial charge in [-0.1, -0.05) is 0 Å². The number of thiophene rings is 3. The number of thioether (sulfide) groups is 1. The van der Waals surface area contributed by atoms with Crippen molar-refractivity contribution in [1.82, 2.24) is 4.98 Å². The molecule has 0 bridgehead atoms. The number of nitrogens with zero attached hydrogens (tertiary/aromatic N) is 1. The zero-order valence-corrected chi connectivity index (χ0v) is 15.6. The summed E-state index contributed by atoms with van der Waals surface area (Å²) in [5, 5.41) is 0. The van der Waals surface area contributed by atoms with E-state index in [1.54, 1.807) is 0 Å². The highest BCUT2D eigenvalue weighted by molar-refractivity contribution is 8.00. The third-order valence-corrected chi connectivity index (χ3v) is 8.22. The van der Waals surface area contributed by atoms with E-state index in [1.807, 2.05) is 58.2 Å². The number of pyridine rings is 1. The number of rotatable bonds is 4. The first-order valence-electron chi connectivity index (χ1n) is 7.08. The molecule has 23 heavy (non-hydrogen) atoms. The molecular weight excluding hydrogens is 358 g/mol. The van der Waals surface area contributed by atoms with Gasteiger partial charge in [0.25, 0.3) is 0 Å². The third kappa shape index (κ3) is 3.15. The van der Waals surface area contributed by atoms with Crippen LogP contribution in [0.1, 0.15) is 0 Å². The minimum Gasteiger partial charge on any atom is -0.265 e. The Kier molecular flexibility index (Phi) is 4.35. The van der Waals surface area contributed by atoms with Crippen LogP contribution in [-0.4, -0.2) is 11.2 Å². The lowest BCUT2D eigenvalue weighted by atomic mass is 10.2. The first-order valence-corrected chi connectivity index (χ1v) is 10.8. The quantitative estimate of drug-likeness (QED) is 0.359. The average Bonchev–Trinajstić information content (AvgIpc) is 3.33. The van der Waals surface area contributed by atoms with E-state index in [9.17, 15) is 0 Å². The fraction of sp³-hybridized carbons (Fsp3) is 0.0556. The first-order chi connectivity index (χ1) is 11.3. The Hall–Kier alpha value is -1.40. The zero-order valence-electron chi connectivity index (χ0n) is 12.4. The summed E-state index contributed by atoms with van der Waals surface area (Å²) in [4.78, 5) is 10.8. The van der Waals surface area contributed by atoms with E-state index in [1.165, 1.54) is 34.2 Å². The molecule has 5 heteroatoms. The van der Waals surface area contributed by atoms with Crippen molar-refractivity contribution < 1.29 is 0 Å². The SMILES string of the molecule is CSc1ccc(-c2ccc(-c3ccc(-c4ccncc4)s3)s2)s1. The second kappa shape index (κ2) is 6.61. The maximum Gasteiger partial charge on any atom is 0.0602 e. The molecule has 0 saturated carbocycles. The lowest BCUT2D eigenvalue weighted by Gasteiger charge is -1.94. The summed E-state index contributed by atoms with van der Waals surface area (Å²) in [5.74, 6) is 0.